The molecule has 2 atom stereocenters. The quantitative estimate of drug-likeness (QED) is 0.463. The Labute approximate surface area is 198 Å². The molecule has 0 bridgehead atoms. The van der Waals surface area contributed by atoms with Gasteiger partial charge in [0.25, 0.3) is 0 Å². The molecule has 1 saturated carbocycles. The van der Waals surface area contributed by atoms with Crippen LogP contribution in [0.1, 0.15) is 42.7 Å². The molecule has 2 amide bonds. The normalized spacial score (nSPS) is 18.7. The summed E-state index contributed by atoms with van der Waals surface area (Å²) in [6, 6.07) is 16.1. The Bertz CT molecular complexity index is 994. The molecule has 0 aromatic heterocycles. The van der Waals surface area contributed by atoms with Crippen LogP contribution in [0.25, 0.3) is 11.1 Å². The van der Waals surface area contributed by atoms with Crippen molar-refractivity contribution in [1.82, 2.24) is 10.6 Å². The van der Waals surface area contributed by atoms with Crippen LogP contribution < -0.4 is 10.6 Å². The summed E-state index contributed by atoms with van der Waals surface area (Å²) in [6.45, 7) is 0.889. The Morgan fingerprint density at radius 1 is 0.941 bits per heavy atom. The minimum absolute atomic E-state index is 0.0121. The van der Waals surface area contributed by atoms with E-state index in [9.17, 15) is 14.4 Å². The van der Waals surface area contributed by atoms with Crippen LogP contribution in [-0.2, 0) is 19.1 Å². The molecule has 2 aliphatic rings. The minimum Gasteiger partial charge on any atom is -0.481 e. The van der Waals surface area contributed by atoms with E-state index in [2.05, 4.69) is 34.9 Å². The van der Waals surface area contributed by atoms with Gasteiger partial charge in [-0.2, -0.15) is 0 Å². The number of hydrogen-bond acceptors (Lipinski definition) is 5. The van der Waals surface area contributed by atoms with E-state index in [4.69, 9.17) is 14.6 Å². The van der Waals surface area contributed by atoms with Gasteiger partial charge < -0.3 is 25.2 Å². The Balaban J connectivity index is 1.25. The summed E-state index contributed by atoms with van der Waals surface area (Å²) in [7, 11) is 0. The molecule has 2 aromatic rings. The topological polar surface area (TPSA) is 114 Å². The largest absolute Gasteiger partial charge is 0.481 e. The number of rotatable bonds is 10. The number of carboxylic acid groups (broad SMARTS) is 1. The monoisotopic (exact) mass is 466 g/mol. The molecule has 0 radical (unpaired) electrons. The molecule has 8 nitrogen and oxygen atoms in total. The summed E-state index contributed by atoms with van der Waals surface area (Å²) in [5, 5.41) is 14.3. The van der Waals surface area contributed by atoms with Crippen molar-refractivity contribution in [2.24, 2.45) is 5.92 Å². The fraction of sp³-hybridized carbons (Fsp3) is 0.423. The minimum atomic E-state index is -0.919. The number of aliphatic carboxylic acids is 1. The standard InChI is InChI=1S/C26H30N2O6/c29-24(30)12-14-33-15-13-27-25(31)21-10-5-11-23(21)28-26(32)34-16-22-19-8-3-1-6-17(19)18-7-2-4-9-20(18)22/h1-4,6-9,21-23H,5,10-16H2,(H,27,31)(H,28,32)(H,29,30)/t21-,23+/m1/s1. The van der Waals surface area contributed by atoms with Crippen molar-refractivity contribution in [1.29, 1.82) is 0 Å². The van der Waals surface area contributed by atoms with Crippen molar-refractivity contribution in [3.8, 4) is 11.1 Å². The van der Waals surface area contributed by atoms with Gasteiger partial charge in [-0.15, -0.1) is 0 Å². The fourth-order valence-electron chi connectivity index (χ4n) is 4.88. The zero-order valence-corrected chi connectivity index (χ0v) is 19.0. The van der Waals surface area contributed by atoms with Crippen molar-refractivity contribution in [3.63, 3.8) is 0 Å². The van der Waals surface area contributed by atoms with Gasteiger partial charge in [0.15, 0.2) is 0 Å². The molecule has 2 aliphatic carbocycles. The van der Waals surface area contributed by atoms with Crippen LogP contribution >= 0.6 is 0 Å². The molecule has 0 spiro atoms. The number of carboxylic acids is 1. The van der Waals surface area contributed by atoms with Gasteiger partial charge in [-0.25, -0.2) is 4.79 Å². The molecule has 0 aliphatic heterocycles. The van der Waals surface area contributed by atoms with Crippen molar-refractivity contribution in [3.05, 3.63) is 59.7 Å². The fourth-order valence-corrected chi connectivity index (χ4v) is 4.88. The third-order valence-electron chi connectivity index (χ3n) is 6.51. The lowest BCUT2D eigenvalue weighted by Gasteiger charge is -2.21. The van der Waals surface area contributed by atoms with Crippen LogP contribution in [0.2, 0.25) is 0 Å². The second-order valence-electron chi connectivity index (χ2n) is 8.66. The Kier molecular flexibility index (Phi) is 7.80. The smallest absolute Gasteiger partial charge is 0.407 e. The third kappa shape index (κ3) is 5.56. The van der Waals surface area contributed by atoms with Gasteiger partial charge in [0, 0.05) is 18.5 Å². The summed E-state index contributed by atoms with van der Waals surface area (Å²) in [4.78, 5) is 35.6. The first-order valence-corrected chi connectivity index (χ1v) is 11.7. The van der Waals surface area contributed by atoms with Crippen LogP contribution in [0.5, 0.6) is 0 Å². The van der Waals surface area contributed by atoms with Crippen molar-refractivity contribution >= 4 is 18.0 Å². The van der Waals surface area contributed by atoms with Gasteiger partial charge in [0.2, 0.25) is 5.91 Å². The predicted octanol–water partition coefficient (Wildman–Crippen LogP) is 3.30. The number of carbonyl (C=O) groups is 3. The first kappa shape index (κ1) is 23.8. The first-order chi connectivity index (χ1) is 16.5. The number of nitrogens with one attached hydrogen (secondary N) is 2. The molecule has 180 valence electrons. The summed E-state index contributed by atoms with van der Waals surface area (Å²) in [6.07, 6.45) is 1.69. The highest BCUT2D eigenvalue weighted by atomic mass is 16.5. The number of alkyl carbamates (subject to hydrolysis) is 1. The molecular weight excluding hydrogens is 436 g/mol. The second kappa shape index (κ2) is 11.2. The molecule has 4 rings (SSSR count). The Hall–Kier alpha value is -3.39. The number of benzene rings is 2. The maximum Gasteiger partial charge on any atom is 0.407 e. The lowest BCUT2D eigenvalue weighted by molar-refractivity contribution is -0.138. The predicted molar refractivity (Wildman–Crippen MR) is 125 cm³/mol. The first-order valence-electron chi connectivity index (χ1n) is 11.7. The lowest BCUT2D eigenvalue weighted by atomic mass is 9.98. The van der Waals surface area contributed by atoms with E-state index in [1.54, 1.807) is 0 Å². The summed E-state index contributed by atoms with van der Waals surface area (Å²) in [5.41, 5.74) is 4.65. The highest BCUT2D eigenvalue weighted by molar-refractivity contribution is 5.81. The number of ether oxygens (including phenoxy) is 2. The van der Waals surface area contributed by atoms with Gasteiger partial charge in [-0.3, -0.25) is 9.59 Å². The second-order valence-corrected chi connectivity index (χ2v) is 8.66. The molecule has 1 fully saturated rings. The summed E-state index contributed by atoms with van der Waals surface area (Å²) < 4.78 is 10.8. The van der Waals surface area contributed by atoms with Gasteiger partial charge in [-0.05, 0) is 35.1 Å². The summed E-state index contributed by atoms with van der Waals surface area (Å²) in [5.74, 6) is -1.39. The van der Waals surface area contributed by atoms with E-state index < -0.39 is 12.1 Å². The number of fused-ring (bicyclic) bond motifs is 3. The molecule has 0 saturated heterocycles. The van der Waals surface area contributed by atoms with Gasteiger partial charge >= 0.3 is 12.1 Å². The van der Waals surface area contributed by atoms with E-state index in [0.29, 0.717) is 13.0 Å². The van der Waals surface area contributed by atoms with Crippen molar-refractivity contribution < 1.29 is 29.0 Å². The molecule has 2 aromatic carbocycles. The van der Waals surface area contributed by atoms with E-state index in [-0.39, 0.29) is 50.0 Å². The van der Waals surface area contributed by atoms with Crippen molar-refractivity contribution in [2.75, 3.05) is 26.4 Å². The molecule has 0 unspecified atom stereocenters. The molecule has 34 heavy (non-hydrogen) atoms. The van der Waals surface area contributed by atoms with Crippen molar-refractivity contribution in [2.45, 2.75) is 37.6 Å². The highest BCUT2D eigenvalue weighted by Crippen LogP contribution is 2.44. The SMILES string of the molecule is O=C(O)CCOCCNC(=O)[C@@H]1CCC[C@@H]1NC(=O)OCC1c2ccccc2-c2ccccc21. The average Bonchev–Trinajstić information content (AvgIpc) is 3.42. The van der Waals surface area contributed by atoms with Gasteiger partial charge in [-0.1, -0.05) is 55.0 Å². The summed E-state index contributed by atoms with van der Waals surface area (Å²) >= 11 is 0. The third-order valence-corrected chi connectivity index (χ3v) is 6.51. The number of amides is 2. The highest BCUT2D eigenvalue weighted by Gasteiger charge is 2.35. The molecule has 0 heterocycles. The van der Waals surface area contributed by atoms with E-state index in [0.717, 1.165) is 24.0 Å². The van der Waals surface area contributed by atoms with Crippen LogP contribution in [-0.4, -0.2) is 55.5 Å². The Morgan fingerprint density at radius 2 is 1.62 bits per heavy atom. The zero-order chi connectivity index (χ0) is 23.9. The van der Waals surface area contributed by atoms with E-state index in [1.165, 1.54) is 11.1 Å². The van der Waals surface area contributed by atoms with Gasteiger partial charge in [0.1, 0.15) is 6.61 Å². The Morgan fingerprint density at radius 3 is 2.29 bits per heavy atom. The molecule has 3 N–H and O–H groups in total. The number of hydrogen-bond donors (Lipinski definition) is 3. The molecular formula is C26H30N2O6. The van der Waals surface area contributed by atoms with Crippen LogP contribution in [0.4, 0.5) is 4.79 Å². The number of carbonyl (C=O) groups excluding carboxylic acids is 2. The van der Waals surface area contributed by atoms with E-state index >= 15 is 0 Å². The maximum absolute atomic E-state index is 12.6. The maximum atomic E-state index is 12.6. The van der Waals surface area contributed by atoms with Crippen LogP contribution in [0.3, 0.4) is 0 Å². The van der Waals surface area contributed by atoms with Crippen LogP contribution in [0, 0.1) is 5.92 Å². The average molecular weight is 467 g/mol. The van der Waals surface area contributed by atoms with Gasteiger partial charge in [0.05, 0.1) is 25.6 Å². The zero-order valence-electron chi connectivity index (χ0n) is 19.0. The van der Waals surface area contributed by atoms with E-state index in [1.807, 2.05) is 24.3 Å². The molecule has 8 heteroatoms. The van der Waals surface area contributed by atoms with Crippen LogP contribution in [0.15, 0.2) is 48.5 Å². The lowest BCUT2D eigenvalue weighted by Crippen LogP contribution is -2.45.